The van der Waals surface area contributed by atoms with Crippen molar-refractivity contribution in [2.75, 3.05) is 5.32 Å². The number of aryl methyl sites for hydroxylation is 1. The highest BCUT2D eigenvalue weighted by Gasteiger charge is 2.25. The van der Waals surface area contributed by atoms with E-state index in [0.29, 0.717) is 27.1 Å². The summed E-state index contributed by atoms with van der Waals surface area (Å²) in [5.74, 6) is 0.410. The molecular weight excluding hydrogens is 359 g/mol. The molecule has 1 aliphatic carbocycles. The third-order valence-corrected chi connectivity index (χ3v) is 5.03. The van der Waals surface area contributed by atoms with E-state index in [0.717, 1.165) is 30.5 Å². The first-order chi connectivity index (χ1) is 12.1. The quantitative estimate of drug-likeness (QED) is 0.744. The molecule has 5 nitrogen and oxygen atoms in total. The van der Waals surface area contributed by atoms with Crippen LogP contribution in [0.3, 0.4) is 0 Å². The number of amides is 1. The van der Waals surface area contributed by atoms with Gasteiger partial charge >= 0.3 is 0 Å². The van der Waals surface area contributed by atoms with Gasteiger partial charge in [-0.05, 0) is 43.5 Å². The van der Waals surface area contributed by atoms with Gasteiger partial charge in [-0.2, -0.15) is 5.10 Å². The first kappa shape index (κ1) is 16.1. The fourth-order valence-corrected chi connectivity index (χ4v) is 3.40. The van der Waals surface area contributed by atoms with E-state index < -0.39 is 0 Å². The molecule has 0 radical (unpaired) electrons. The SMILES string of the molecule is O=C(Nc1c2c(nn1-c1cccc(Cl)c1Cl)CCC2)c1cccnc1. The van der Waals surface area contributed by atoms with Crippen LogP contribution in [0.25, 0.3) is 5.69 Å². The van der Waals surface area contributed by atoms with E-state index in [1.807, 2.05) is 12.1 Å². The number of hydrogen-bond acceptors (Lipinski definition) is 3. The normalized spacial score (nSPS) is 12.9. The highest BCUT2D eigenvalue weighted by Crippen LogP contribution is 2.35. The van der Waals surface area contributed by atoms with Gasteiger partial charge in [0.2, 0.25) is 0 Å². The summed E-state index contributed by atoms with van der Waals surface area (Å²) in [5.41, 5.74) is 3.16. The smallest absolute Gasteiger partial charge is 0.258 e. The third-order valence-electron chi connectivity index (χ3n) is 4.22. The maximum absolute atomic E-state index is 12.6. The number of anilines is 1. The largest absolute Gasteiger partial charge is 0.306 e. The number of carbonyl (C=O) groups excluding carboxylic acids is 1. The van der Waals surface area contributed by atoms with Crippen LogP contribution < -0.4 is 5.32 Å². The summed E-state index contributed by atoms with van der Waals surface area (Å²) in [7, 11) is 0. The zero-order valence-corrected chi connectivity index (χ0v) is 14.7. The number of hydrogen-bond donors (Lipinski definition) is 1. The molecule has 1 amide bonds. The second kappa shape index (κ2) is 6.50. The van der Waals surface area contributed by atoms with Crippen molar-refractivity contribution in [3.05, 3.63) is 69.6 Å². The number of benzene rings is 1. The van der Waals surface area contributed by atoms with E-state index in [1.54, 1.807) is 29.1 Å². The molecule has 2 heterocycles. The number of pyridine rings is 1. The molecule has 0 fully saturated rings. The van der Waals surface area contributed by atoms with Crippen LogP contribution in [0.1, 0.15) is 28.0 Å². The van der Waals surface area contributed by atoms with Crippen molar-refractivity contribution in [2.45, 2.75) is 19.3 Å². The minimum absolute atomic E-state index is 0.234. The summed E-state index contributed by atoms with van der Waals surface area (Å²) in [4.78, 5) is 16.6. The van der Waals surface area contributed by atoms with Gasteiger partial charge in [0.25, 0.3) is 5.91 Å². The van der Waals surface area contributed by atoms with Gasteiger partial charge in [0.1, 0.15) is 5.82 Å². The Labute approximate surface area is 154 Å². The molecule has 1 aliphatic rings. The van der Waals surface area contributed by atoms with Crippen LogP contribution in [0.4, 0.5) is 5.82 Å². The second-order valence-corrected chi connectivity index (χ2v) is 6.59. The monoisotopic (exact) mass is 372 g/mol. The maximum Gasteiger partial charge on any atom is 0.258 e. The molecule has 0 atom stereocenters. The topological polar surface area (TPSA) is 59.8 Å². The van der Waals surface area contributed by atoms with Crippen LogP contribution in [0.15, 0.2) is 42.7 Å². The lowest BCUT2D eigenvalue weighted by molar-refractivity contribution is 0.102. The number of nitrogens with zero attached hydrogens (tertiary/aromatic N) is 3. The number of halogens is 2. The molecule has 1 N–H and O–H groups in total. The molecule has 1 aromatic carbocycles. The Morgan fingerprint density at radius 2 is 2.04 bits per heavy atom. The number of rotatable bonds is 3. The molecule has 0 saturated heterocycles. The van der Waals surface area contributed by atoms with Crippen molar-refractivity contribution < 1.29 is 4.79 Å². The molecule has 2 aromatic heterocycles. The summed E-state index contributed by atoms with van der Waals surface area (Å²) in [5, 5.41) is 8.47. The van der Waals surface area contributed by atoms with Gasteiger partial charge in [0.15, 0.2) is 0 Å². The van der Waals surface area contributed by atoms with Crippen molar-refractivity contribution in [3.63, 3.8) is 0 Å². The van der Waals surface area contributed by atoms with E-state index in [2.05, 4.69) is 15.4 Å². The van der Waals surface area contributed by atoms with E-state index in [-0.39, 0.29) is 5.91 Å². The molecule has 4 rings (SSSR count). The van der Waals surface area contributed by atoms with Crippen LogP contribution in [-0.4, -0.2) is 20.7 Å². The number of fused-ring (bicyclic) bond motifs is 1. The minimum Gasteiger partial charge on any atom is -0.306 e. The molecular formula is C18H14Cl2N4O. The van der Waals surface area contributed by atoms with E-state index in [9.17, 15) is 4.79 Å². The van der Waals surface area contributed by atoms with Crippen molar-refractivity contribution in [1.29, 1.82) is 0 Å². The van der Waals surface area contributed by atoms with Crippen molar-refractivity contribution in [1.82, 2.24) is 14.8 Å². The van der Waals surface area contributed by atoms with Gasteiger partial charge in [-0.15, -0.1) is 0 Å². The summed E-state index contributed by atoms with van der Waals surface area (Å²) in [6, 6.07) is 8.80. The Kier molecular flexibility index (Phi) is 4.19. The average Bonchev–Trinajstić information content (AvgIpc) is 3.21. The summed E-state index contributed by atoms with van der Waals surface area (Å²) < 4.78 is 1.67. The summed E-state index contributed by atoms with van der Waals surface area (Å²) in [6.45, 7) is 0. The van der Waals surface area contributed by atoms with Gasteiger partial charge in [-0.1, -0.05) is 29.3 Å². The van der Waals surface area contributed by atoms with E-state index >= 15 is 0 Å². The maximum atomic E-state index is 12.6. The van der Waals surface area contributed by atoms with Crippen molar-refractivity contribution >= 4 is 34.9 Å². The zero-order valence-electron chi connectivity index (χ0n) is 13.2. The lowest BCUT2D eigenvalue weighted by atomic mass is 10.2. The van der Waals surface area contributed by atoms with E-state index in [4.69, 9.17) is 23.2 Å². The van der Waals surface area contributed by atoms with Gasteiger partial charge in [0.05, 0.1) is 27.0 Å². The van der Waals surface area contributed by atoms with Gasteiger partial charge in [-0.25, -0.2) is 4.68 Å². The van der Waals surface area contributed by atoms with Crippen molar-refractivity contribution in [3.8, 4) is 5.69 Å². The first-order valence-electron chi connectivity index (χ1n) is 7.91. The molecule has 25 heavy (non-hydrogen) atoms. The summed E-state index contributed by atoms with van der Waals surface area (Å²) >= 11 is 12.5. The Hall–Kier alpha value is -2.37. The van der Waals surface area contributed by atoms with Gasteiger partial charge in [0, 0.05) is 18.0 Å². The lowest BCUT2D eigenvalue weighted by Gasteiger charge is -2.12. The fourth-order valence-electron chi connectivity index (χ4n) is 3.03. The molecule has 0 bridgehead atoms. The van der Waals surface area contributed by atoms with Crippen LogP contribution in [-0.2, 0) is 12.8 Å². The number of aromatic nitrogens is 3. The Morgan fingerprint density at radius 1 is 1.16 bits per heavy atom. The van der Waals surface area contributed by atoms with Crippen LogP contribution in [0.2, 0.25) is 10.0 Å². The van der Waals surface area contributed by atoms with Crippen LogP contribution in [0, 0.1) is 0 Å². The summed E-state index contributed by atoms with van der Waals surface area (Å²) in [6.07, 6.45) is 5.94. The average molecular weight is 373 g/mol. The van der Waals surface area contributed by atoms with Crippen LogP contribution in [0.5, 0.6) is 0 Å². The standard InChI is InChI=1S/C18H14Cl2N4O/c19-13-6-2-8-15(16(13)20)24-17(12-5-1-7-14(12)23-24)22-18(25)11-4-3-9-21-10-11/h2-4,6,8-10H,1,5,7H2,(H,22,25). The molecule has 0 saturated carbocycles. The highest BCUT2D eigenvalue weighted by atomic mass is 35.5. The second-order valence-electron chi connectivity index (χ2n) is 5.81. The molecule has 0 unspecified atom stereocenters. The third kappa shape index (κ3) is 2.90. The van der Waals surface area contributed by atoms with Gasteiger partial charge in [-0.3, -0.25) is 9.78 Å². The molecule has 126 valence electrons. The Balaban J connectivity index is 1.79. The van der Waals surface area contributed by atoms with Crippen LogP contribution >= 0.6 is 23.2 Å². The number of carbonyl (C=O) groups is 1. The van der Waals surface area contributed by atoms with Gasteiger partial charge < -0.3 is 5.32 Å². The lowest BCUT2D eigenvalue weighted by Crippen LogP contribution is -2.16. The molecule has 0 spiro atoms. The van der Waals surface area contributed by atoms with Crippen molar-refractivity contribution in [2.24, 2.45) is 0 Å². The Morgan fingerprint density at radius 3 is 2.84 bits per heavy atom. The molecule has 0 aliphatic heterocycles. The predicted octanol–water partition coefficient (Wildman–Crippen LogP) is 4.32. The Bertz CT molecular complexity index is 953. The number of nitrogens with one attached hydrogen (secondary N) is 1. The predicted molar refractivity (Wildman–Crippen MR) is 97.8 cm³/mol. The minimum atomic E-state index is -0.234. The molecule has 7 heteroatoms. The van der Waals surface area contributed by atoms with E-state index in [1.165, 1.54) is 6.20 Å². The molecule has 3 aromatic rings. The zero-order chi connectivity index (χ0) is 17.4. The first-order valence-corrected chi connectivity index (χ1v) is 8.67. The highest BCUT2D eigenvalue weighted by molar-refractivity contribution is 6.43. The fraction of sp³-hybridized carbons (Fsp3) is 0.167.